The van der Waals surface area contributed by atoms with Gasteiger partial charge in [-0.15, -0.1) is 10.2 Å². The Labute approximate surface area is 195 Å². The van der Waals surface area contributed by atoms with Crippen molar-refractivity contribution in [1.82, 2.24) is 14.8 Å². The Bertz CT molecular complexity index is 1150. The molecule has 0 saturated carbocycles. The van der Waals surface area contributed by atoms with Crippen LogP contribution in [0.2, 0.25) is 0 Å². The zero-order chi connectivity index (χ0) is 24.0. The van der Waals surface area contributed by atoms with Gasteiger partial charge in [0.2, 0.25) is 5.91 Å². The van der Waals surface area contributed by atoms with Crippen molar-refractivity contribution >= 4 is 29.0 Å². The van der Waals surface area contributed by atoms with Crippen LogP contribution in [0.5, 0.6) is 11.5 Å². The van der Waals surface area contributed by atoms with Crippen LogP contribution in [0.4, 0.5) is 11.4 Å². The lowest BCUT2D eigenvalue weighted by Gasteiger charge is -2.17. The number of aromatic nitrogens is 3. The first-order valence-electron chi connectivity index (χ1n) is 10.2. The lowest BCUT2D eigenvalue weighted by molar-refractivity contribution is -0.385. The average molecular weight is 472 g/mol. The first-order chi connectivity index (χ1) is 15.8. The van der Waals surface area contributed by atoms with E-state index in [1.165, 1.54) is 17.8 Å². The zero-order valence-corrected chi connectivity index (χ0v) is 19.6. The van der Waals surface area contributed by atoms with Crippen LogP contribution in [0.3, 0.4) is 0 Å². The summed E-state index contributed by atoms with van der Waals surface area (Å²) in [6.45, 7) is 6.07. The summed E-state index contributed by atoms with van der Waals surface area (Å²) in [6, 6.07) is 11.9. The van der Waals surface area contributed by atoms with Gasteiger partial charge in [0.25, 0.3) is 5.69 Å². The Morgan fingerprint density at radius 3 is 2.64 bits per heavy atom. The summed E-state index contributed by atoms with van der Waals surface area (Å²) in [4.78, 5) is 23.0. The van der Waals surface area contributed by atoms with Gasteiger partial charge < -0.3 is 19.4 Å². The van der Waals surface area contributed by atoms with Crippen molar-refractivity contribution < 1.29 is 19.2 Å². The van der Waals surface area contributed by atoms with E-state index in [1.54, 1.807) is 26.2 Å². The standard InChI is InChI=1S/C22H25N5O5S/c1-5-26-21(15(3)32-19-9-7-6-8-18(19)31-4)24-25-22(26)33-13-20(28)23-16-11-10-14(2)17(12-16)27(29)30/h6-12,15H,5,13H2,1-4H3,(H,23,28). The molecule has 10 nitrogen and oxygen atoms in total. The second kappa shape index (κ2) is 10.8. The van der Waals surface area contributed by atoms with Gasteiger partial charge in [0.1, 0.15) is 0 Å². The second-order valence-corrected chi connectivity index (χ2v) is 8.03. The number of aryl methyl sites for hydroxylation is 1. The van der Waals surface area contributed by atoms with E-state index >= 15 is 0 Å². The molecule has 0 fully saturated rings. The maximum absolute atomic E-state index is 12.4. The number of nitrogens with one attached hydrogen (secondary N) is 1. The topological polar surface area (TPSA) is 121 Å². The average Bonchev–Trinajstić information content (AvgIpc) is 3.22. The fourth-order valence-electron chi connectivity index (χ4n) is 3.18. The van der Waals surface area contributed by atoms with Gasteiger partial charge in [-0.25, -0.2) is 0 Å². The molecule has 0 spiro atoms. The molecule has 0 aliphatic heterocycles. The maximum Gasteiger partial charge on any atom is 0.274 e. The first kappa shape index (κ1) is 24.1. The summed E-state index contributed by atoms with van der Waals surface area (Å²) in [5.74, 6) is 1.61. The predicted octanol–water partition coefficient (Wildman–Crippen LogP) is 4.39. The lowest BCUT2D eigenvalue weighted by Crippen LogP contribution is -2.15. The summed E-state index contributed by atoms with van der Waals surface area (Å²) >= 11 is 1.23. The number of benzene rings is 2. The van der Waals surface area contributed by atoms with Gasteiger partial charge in [-0.2, -0.15) is 0 Å². The molecular weight excluding hydrogens is 446 g/mol. The fraction of sp³-hybridized carbons (Fsp3) is 0.318. The molecular formula is C22H25N5O5S. The number of methoxy groups -OCH3 is 1. The highest BCUT2D eigenvalue weighted by Crippen LogP contribution is 2.31. The number of nitro groups is 1. The van der Waals surface area contributed by atoms with Crippen molar-refractivity contribution in [2.45, 2.75) is 38.6 Å². The van der Waals surface area contributed by atoms with Crippen molar-refractivity contribution in [2.75, 3.05) is 18.2 Å². The van der Waals surface area contributed by atoms with E-state index in [0.29, 0.717) is 40.3 Å². The van der Waals surface area contributed by atoms with Gasteiger partial charge in [-0.1, -0.05) is 30.0 Å². The van der Waals surface area contributed by atoms with Gasteiger partial charge in [-0.05, 0) is 39.0 Å². The van der Waals surface area contributed by atoms with E-state index in [1.807, 2.05) is 42.7 Å². The third-order valence-corrected chi connectivity index (χ3v) is 5.79. The van der Waals surface area contributed by atoms with Crippen molar-refractivity contribution in [1.29, 1.82) is 0 Å². The summed E-state index contributed by atoms with van der Waals surface area (Å²) < 4.78 is 13.2. The van der Waals surface area contributed by atoms with Crippen LogP contribution in [-0.4, -0.2) is 38.5 Å². The smallest absolute Gasteiger partial charge is 0.274 e. The second-order valence-electron chi connectivity index (χ2n) is 7.09. The van der Waals surface area contributed by atoms with Crippen molar-refractivity contribution in [3.63, 3.8) is 0 Å². The van der Waals surface area contributed by atoms with E-state index in [0.717, 1.165) is 0 Å². The number of para-hydroxylation sites is 2. The number of ether oxygens (including phenoxy) is 2. The molecule has 1 heterocycles. The summed E-state index contributed by atoms with van der Waals surface area (Å²) in [6.07, 6.45) is -0.398. The molecule has 3 rings (SSSR count). The molecule has 0 aliphatic carbocycles. The normalized spacial score (nSPS) is 11.6. The molecule has 0 radical (unpaired) electrons. The van der Waals surface area contributed by atoms with Gasteiger partial charge >= 0.3 is 0 Å². The highest BCUT2D eigenvalue weighted by Gasteiger charge is 2.21. The molecule has 0 aliphatic rings. The first-order valence-corrected chi connectivity index (χ1v) is 11.2. The molecule has 11 heteroatoms. The lowest BCUT2D eigenvalue weighted by atomic mass is 10.2. The Morgan fingerprint density at radius 1 is 1.24 bits per heavy atom. The monoisotopic (exact) mass is 471 g/mol. The van der Waals surface area contributed by atoms with Crippen molar-refractivity contribution in [3.05, 3.63) is 64.0 Å². The number of hydrogen-bond donors (Lipinski definition) is 1. The van der Waals surface area contributed by atoms with Crippen LogP contribution in [0, 0.1) is 17.0 Å². The minimum atomic E-state index is -0.473. The summed E-state index contributed by atoms with van der Waals surface area (Å²) in [5, 5.41) is 22.8. The predicted molar refractivity (Wildman–Crippen MR) is 125 cm³/mol. The number of nitro benzene ring substituents is 1. The van der Waals surface area contributed by atoms with Crippen LogP contribution in [0.15, 0.2) is 47.6 Å². The molecule has 1 N–H and O–H groups in total. The fourth-order valence-corrected chi connectivity index (χ4v) is 3.98. The number of nitrogens with zero attached hydrogens (tertiary/aromatic N) is 4. The molecule has 1 unspecified atom stereocenters. The third-order valence-electron chi connectivity index (χ3n) is 4.82. The van der Waals surface area contributed by atoms with Gasteiger partial charge in [0.05, 0.1) is 17.8 Å². The number of carbonyl (C=O) groups is 1. The molecule has 0 saturated heterocycles. The largest absolute Gasteiger partial charge is 0.493 e. The number of amides is 1. The molecule has 33 heavy (non-hydrogen) atoms. The highest BCUT2D eigenvalue weighted by atomic mass is 32.2. The Morgan fingerprint density at radius 2 is 1.97 bits per heavy atom. The van der Waals surface area contributed by atoms with Crippen molar-refractivity contribution in [3.8, 4) is 11.5 Å². The number of anilines is 1. The number of carbonyl (C=O) groups excluding carboxylic acids is 1. The molecule has 0 bridgehead atoms. The Balaban J connectivity index is 1.66. The zero-order valence-electron chi connectivity index (χ0n) is 18.8. The summed E-state index contributed by atoms with van der Waals surface area (Å²) in [5.41, 5.74) is 0.856. The molecule has 174 valence electrons. The van der Waals surface area contributed by atoms with Gasteiger partial charge in [-0.3, -0.25) is 14.9 Å². The quantitative estimate of drug-likeness (QED) is 0.262. The molecule has 1 atom stereocenters. The van der Waals surface area contributed by atoms with E-state index in [4.69, 9.17) is 9.47 Å². The minimum Gasteiger partial charge on any atom is -0.493 e. The van der Waals surface area contributed by atoms with Crippen LogP contribution in [0.1, 0.15) is 31.3 Å². The van der Waals surface area contributed by atoms with Crippen LogP contribution in [0.25, 0.3) is 0 Å². The SMILES string of the molecule is CCn1c(SCC(=O)Nc2ccc(C)c([N+](=O)[O-])c2)nnc1C(C)Oc1ccccc1OC. The van der Waals surface area contributed by atoms with Crippen LogP contribution >= 0.6 is 11.8 Å². The summed E-state index contributed by atoms with van der Waals surface area (Å²) in [7, 11) is 1.58. The molecule has 2 aromatic carbocycles. The molecule has 1 aromatic heterocycles. The number of rotatable bonds is 10. The van der Waals surface area contributed by atoms with E-state index in [2.05, 4.69) is 15.5 Å². The molecule has 3 aromatic rings. The van der Waals surface area contributed by atoms with Gasteiger partial charge in [0.15, 0.2) is 28.6 Å². The maximum atomic E-state index is 12.4. The van der Waals surface area contributed by atoms with E-state index in [9.17, 15) is 14.9 Å². The minimum absolute atomic E-state index is 0.0418. The van der Waals surface area contributed by atoms with Crippen LogP contribution in [-0.2, 0) is 11.3 Å². The van der Waals surface area contributed by atoms with E-state index < -0.39 is 11.0 Å². The Hall–Kier alpha value is -3.60. The highest BCUT2D eigenvalue weighted by molar-refractivity contribution is 7.99. The van der Waals surface area contributed by atoms with Crippen LogP contribution < -0.4 is 14.8 Å². The van der Waals surface area contributed by atoms with Gasteiger partial charge in [0, 0.05) is 23.9 Å². The number of thioether (sulfide) groups is 1. The Kier molecular flexibility index (Phi) is 7.88. The third kappa shape index (κ3) is 5.80. The number of hydrogen-bond acceptors (Lipinski definition) is 8. The van der Waals surface area contributed by atoms with Crippen molar-refractivity contribution in [2.24, 2.45) is 0 Å². The molecule has 1 amide bonds. The van der Waals surface area contributed by atoms with E-state index in [-0.39, 0.29) is 17.3 Å².